The lowest BCUT2D eigenvalue weighted by Crippen LogP contribution is -2.29. The second-order valence-electron chi connectivity index (χ2n) is 10.4. The number of hydrogen-bond donors (Lipinski definition) is 1. The third-order valence-corrected chi connectivity index (χ3v) is 6.91. The van der Waals surface area contributed by atoms with Crippen LogP contribution in [0.2, 0.25) is 0 Å². The van der Waals surface area contributed by atoms with Gasteiger partial charge < -0.3 is 14.6 Å². The van der Waals surface area contributed by atoms with E-state index in [4.69, 9.17) is 9.47 Å². The number of aryl methyl sites for hydroxylation is 2. The van der Waals surface area contributed by atoms with Crippen LogP contribution in [0.1, 0.15) is 58.9 Å². The van der Waals surface area contributed by atoms with Crippen molar-refractivity contribution in [3.05, 3.63) is 100 Å². The van der Waals surface area contributed by atoms with Crippen LogP contribution in [-0.2, 0) is 20.7 Å². The van der Waals surface area contributed by atoms with Gasteiger partial charge in [-0.1, -0.05) is 43.7 Å². The summed E-state index contributed by atoms with van der Waals surface area (Å²) >= 11 is 0. The fourth-order valence-electron chi connectivity index (χ4n) is 5.00. The minimum Gasteiger partial charge on any atom is -0.507 e. The van der Waals surface area contributed by atoms with Crippen molar-refractivity contribution in [2.45, 2.75) is 39.7 Å². The van der Waals surface area contributed by atoms with Gasteiger partial charge in [0.2, 0.25) is 0 Å². The van der Waals surface area contributed by atoms with Crippen LogP contribution in [0, 0.1) is 12.8 Å². The van der Waals surface area contributed by atoms with Crippen LogP contribution in [-0.4, -0.2) is 36.0 Å². The largest absolute Gasteiger partial charge is 0.507 e. The lowest BCUT2D eigenvalue weighted by Gasteiger charge is -2.26. The Labute approximate surface area is 227 Å². The lowest BCUT2D eigenvalue weighted by molar-refractivity contribution is -0.132. The number of ether oxygens (including phenoxy) is 2. The van der Waals surface area contributed by atoms with Crippen LogP contribution >= 0.6 is 0 Å². The van der Waals surface area contributed by atoms with E-state index in [2.05, 4.69) is 0 Å². The molecule has 3 aromatic carbocycles. The highest BCUT2D eigenvalue weighted by Gasteiger charge is 2.47. The predicted octanol–water partition coefficient (Wildman–Crippen LogP) is 5.76. The number of aliphatic hydroxyl groups excluding tert-OH is 1. The van der Waals surface area contributed by atoms with Crippen LogP contribution in [0.25, 0.3) is 5.76 Å². The Kier molecular flexibility index (Phi) is 7.24. The Morgan fingerprint density at radius 2 is 1.79 bits per heavy atom. The standard InChI is InChI=1S/C32H31NO6/c1-19(2)18-39-32(37)21-9-12-25(13-10-21)33-28(23-7-4-6-20(3)16-23)27(30(35)31(33)36)29(34)24-11-14-26-22(17-24)8-5-15-38-26/h4,6-7,9-14,16-17,19,28,34H,5,8,15,18H2,1-3H3/b29-27-. The quantitative estimate of drug-likeness (QED) is 0.190. The number of carbonyl (C=O) groups is 3. The molecule has 39 heavy (non-hydrogen) atoms. The number of nitrogens with zero attached hydrogens (tertiary/aromatic N) is 1. The molecule has 1 N–H and O–H groups in total. The van der Waals surface area contributed by atoms with E-state index >= 15 is 0 Å². The zero-order valence-electron chi connectivity index (χ0n) is 22.3. The van der Waals surface area contributed by atoms with Crippen molar-refractivity contribution in [1.29, 1.82) is 0 Å². The van der Waals surface area contributed by atoms with Crippen LogP contribution in [0.3, 0.4) is 0 Å². The van der Waals surface area contributed by atoms with Gasteiger partial charge in [-0.15, -0.1) is 0 Å². The summed E-state index contributed by atoms with van der Waals surface area (Å²) in [6, 6.07) is 18.4. The van der Waals surface area contributed by atoms with Crippen molar-refractivity contribution in [3.8, 4) is 5.75 Å². The molecule has 7 heteroatoms. The molecule has 0 radical (unpaired) electrons. The molecule has 0 aliphatic carbocycles. The summed E-state index contributed by atoms with van der Waals surface area (Å²) in [6.45, 7) is 6.78. The first-order chi connectivity index (χ1) is 18.7. The average Bonchev–Trinajstić information content (AvgIpc) is 3.21. The number of benzene rings is 3. The molecule has 2 heterocycles. The maximum absolute atomic E-state index is 13.5. The van der Waals surface area contributed by atoms with E-state index in [1.165, 1.54) is 4.90 Å². The van der Waals surface area contributed by atoms with E-state index in [1.807, 2.05) is 51.1 Å². The molecule has 2 aliphatic rings. The molecule has 1 saturated heterocycles. The molecule has 3 aromatic rings. The van der Waals surface area contributed by atoms with Crippen molar-refractivity contribution in [2.24, 2.45) is 5.92 Å². The van der Waals surface area contributed by atoms with Gasteiger partial charge in [-0.05, 0) is 79.3 Å². The number of hydrogen-bond acceptors (Lipinski definition) is 6. The maximum atomic E-state index is 13.5. The van der Waals surface area contributed by atoms with Gasteiger partial charge in [-0.25, -0.2) is 4.79 Å². The van der Waals surface area contributed by atoms with E-state index in [0.29, 0.717) is 35.6 Å². The van der Waals surface area contributed by atoms with Gasteiger partial charge in [-0.2, -0.15) is 0 Å². The van der Waals surface area contributed by atoms with Crippen molar-refractivity contribution in [2.75, 3.05) is 18.1 Å². The van der Waals surface area contributed by atoms with Gasteiger partial charge in [-0.3, -0.25) is 14.5 Å². The van der Waals surface area contributed by atoms with Gasteiger partial charge in [0, 0.05) is 11.3 Å². The molecule has 0 saturated carbocycles. The average molecular weight is 526 g/mol. The minimum atomic E-state index is -0.851. The molecule has 2 aliphatic heterocycles. The van der Waals surface area contributed by atoms with Crippen molar-refractivity contribution < 1.29 is 29.0 Å². The Bertz CT molecular complexity index is 1470. The summed E-state index contributed by atoms with van der Waals surface area (Å²) in [7, 11) is 0. The normalized spacial score (nSPS) is 18.2. The molecule has 0 bridgehead atoms. The number of amides is 1. The van der Waals surface area contributed by atoms with Gasteiger partial charge in [0.15, 0.2) is 0 Å². The number of fused-ring (bicyclic) bond motifs is 1. The smallest absolute Gasteiger partial charge is 0.338 e. The molecule has 1 amide bonds. The molecule has 7 nitrogen and oxygen atoms in total. The topological polar surface area (TPSA) is 93.1 Å². The molecule has 200 valence electrons. The first kappa shape index (κ1) is 26.2. The fraction of sp³-hybridized carbons (Fsp3) is 0.281. The predicted molar refractivity (Wildman–Crippen MR) is 148 cm³/mol. The van der Waals surface area contributed by atoms with Gasteiger partial charge in [0.25, 0.3) is 11.7 Å². The summed E-state index contributed by atoms with van der Waals surface area (Å²) in [4.78, 5) is 40.7. The van der Waals surface area contributed by atoms with Gasteiger partial charge in [0.1, 0.15) is 11.5 Å². The number of ketones is 1. The highest BCUT2D eigenvalue weighted by Crippen LogP contribution is 2.43. The SMILES string of the molecule is Cc1cccc(C2/C(=C(/O)c3ccc4c(c3)CCCO4)C(=O)C(=O)N2c2ccc(C(=O)OCC(C)C)cc2)c1. The maximum Gasteiger partial charge on any atom is 0.338 e. The number of anilines is 1. The van der Waals surface area contributed by atoms with Crippen molar-refractivity contribution in [3.63, 3.8) is 0 Å². The molecular weight excluding hydrogens is 494 g/mol. The van der Waals surface area contributed by atoms with E-state index in [0.717, 1.165) is 29.7 Å². The van der Waals surface area contributed by atoms with Gasteiger partial charge in [0.05, 0.1) is 30.4 Å². The van der Waals surface area contributed by atoms with Gasteiger partial charge >= 0.3 is 5.97 Å². The summed E-state index contributed by atoms with van der Waals surface area (Å²) in [6.07, 6.45) is 1.67. The Morgan fingerprint density at radius 3 is 2.51 bits per heavy atom. The van der Waals surface area contributed by atoms with Crippen LogP contribution < -0.4 is 9.64 Å². The summed E-state index contributed by atoms with van der Waals surface area (Å²) < 4.78 is 11.0. The lowest BCUT2D eigenvalue weighted by atomic mass is 9.93. The highest BCUT2D eigenvalue weighted by molar-refractivity contribution is 6.51. The molecule has 5 rings (SSSR count). The third kappa shape index (κ3) is 5.17. The van der Waals surface area contributed by atoms with E-state index < -0.39 is 23.7 Å². The summed E-state index contributed by atoms with van der Waals surface area (Å²) in [5.74, 6) is -1.24. The van der Waals surface area contributed by atoms with E-state index in [9.17, 15) is 19.5 Å². The summed E-state index contributed by atoms with van der Waals surface area (Å²) in [5, 5.41) is 11.5. The molecule has 0 spiro atoms. The molecule has 1 fully saturated rings. The molecule has 1 atom stereocenters. The fourth-order valence-corrected chi connectivity index (χ4v) is 5.00. The Morgan fingerprint density at radius 1 is 1.05 bits per heavy atom. The number of esters is 1. The molecule has 0 aromatic heterocycles. The second-order valence-corrected chi connectivity index (χ2v) is 10.4. The highest BCUT2D eigenvalue weighted by atomic mass is 16.5. The zero-order valence-corrected chi connectivity index (χ0v) is 22.3. The first-order valence-corrected chi connectivity index (χ1v) is 13.2. The Balaban J connectivity index is 1.58. The number of rotatable bonds is 6. The zero-order chi connectivity index (χ0) is 27.7. The number of Topliss-reactive ketones (excluding diaryl/α,β-unsaturated/α-hetero) is 1. The number of carbonyl (C=O) groups excluding carboxylic acids is 3. The van der Waals surface area contributed by atoms with Crippen LogP contribution in [0.4, 0.5) is 5.69 Å². The van der Waals surface area contributed by atoms with Crippen LogP contribution in [0.15, 0.2) is 72.3 Å². The second kappa shape index (κ2) is 10.8. The minimum absolute atomic E-state index is 0.0164. The molecule has 1 unspecified atom stereocenters. The van der Waals surface area contributed by atoms with Crippen molar-refractivity contribution in [1.82, 2.24) is 0 Å². The van der Waals surface area contributed by atoms with Crippen LogP contribution in [0.5, 0.6) is 5.75 Å². The molecular formula is C32H31NO6. The van der Waals surface area contributed by atoms with E-state index in [1.54, 1.807) is 36.4 Å². The third-order valence-electron chi connectivity index (χ3n) is 6.91. The monoisotopic (exact) mass is 525 g/mol. The summed E-state index contributed by atoms with van der Waals surface area (Å²) in [5.41, 5.74) is 3.85. The van der Waals surface area contributed by atoms with E-state index in [-0.39, 0.29) is 17.3 Å². The van der Waals surface area contributed by atoms with Crippen molar-refractivity contribution >= 4 is 29.1 Å². The first-order valence-electron chi connectivity index (χ1n) is 13.2. The number of aliphatic hydroxyl groups is 1. The Hall–Kier alpha value is -4.39.